The normalized spacial score (nSPS) is 18.0. The van der Waals surface area contributed by atoms with E-state index in [-0.39, 0.29) is 6.03 Å². The maximum Gasteiger partial charge on any atom is 0.317 e. The molecule has 2 amide bonds. The third-order valence-electron chi connectivity index (χ3n) is 6.08. The molecule has 1 N–H and O–H groups in total. The van der Waals surface area contributed by atoms with Crippen LogP contribution in [-0.4, -0.2) is 55.7 Å². The number of piperazine rings is 1. The van der Waals surface area contributed by atoms with Gasteiger partial charge in [0.1, 0.15) is 5.75 Å². The lowest BCUT2D eigenvalue weighted by Crippen LogP contribution is -2.52. The van der Waals surface area contributed by atoms with E-state index in [1.54, 1.807) is 13.3 Å². The molecule has 0 unspecified atom stereocenters. The highest BCUT2D eigenvalue weighted by Gasteiger charge is 2.23. The van der Waals surface area contributed by atoms with Crippen molar-refractivity contribution in [2.45, 2.75) is 32.1 Å². The van der Waals surface area contributed by atoms with Gasteiger partial charge in [-0.15, -0.1) is 0 Å². The third-order valence-corrected chi connectivity index (χ3v) is 6.08. The molecule has 29 heavy (non-hydrogen) atoms. The summed E-state index contributed by atoms with van der Waals surface area (Å²) < 4.78 is 11.0. The zero-order valence-electron chi connectivity index (χ0n) is 17.1. The highest BCUT2D eigenvalue weighted by Crippen LogP contribution is 2.33. The lowest BCUT2D eigenvalue weighted by molar-refractivity contribution is 0.190. The SMILES string of the molecule is COc1cc(N2CCN(C(=O)NCC3CCCCC3)CC2)ccc1-c1cnco1. The van der Waals surface area contributed by atoms with Crippen molar-refractivity contribution in [1.29, 1.82) is 0 Å². The van der Waals surface area contributed by atoms with E-state index in [9.17, 15) is 4.79 Å². The quantitative estimate of drug-likeness (QED) is 0.830. The number of nitrogens with one attached hydrogen (secondary N) is 1. The fourth-order valence-corrected chi connectivity index (χ4v) is 4.33. The van der Waals surface area contributed by atoms with Crippen LogP contribution in [-0.2, 0) is 0 Å². The molecule has 2 heterocycles. The maximum absolute atomic E-state index is 12.5. The molecule has 0 radical (unpaired) electrons. The van der Waals surface area contributed by atoms with Gasteiger partial charge in [0.05, 0.1) is 18.9 Å². The highest BCUT2D eigenvalue weighted by atomic mass is 16.5. The Morgan fingerprint density at radius 3 is 2.69 bits per heavy atom. The first kappa shape index (κ1) is 19.6. The number of hydrogen-bond acceptors (Lipinski definition) is 5. The second-order valence-corrected chi connectivity index (χ2v) is 7.91. The number of amides is 2. The molecule has 1 aliphatic carbocycles. The first-order valence-electron chi connectivity index (χ1n) is 10.6. The smallest absolute Gasteiger partial charge is 0.317 e. The molecular formula is C22H30N4O3. The molecule has 0 atom stereocenters. The van der Waals surface area contributed by atoms with Crippen molar-refractivity contribution < 1.29 is 13.9 Å². The average molecular weight is 399 g/mol. The minimum Gasteiger partial charge on any atom is -0.496 e. The summed E-state index contributed by atoms with van der Waals surface area (Å²) in [7, 11) is 1.66. The van der Waals surface area contributed by atoms with Gasteiger partial charge in [-0.3, -0.25) is 0 Å². The van der Waals surface area contributed by atoms with E-state index in [0.29, 0.717) is 11.7 Å². The summed E-state index contributed by atoms with van der Waals surface area (Å²) in [6, 6.07) is 6.17. The Balaban J connectivity index is 1.31. The van der Waals surface area contributed by atoms with Crippen molar-refractivity contribution in [3.8, 4) is 17.1 Å². The Labute approximate surface area is 172 Å². The van der Waals surface area contributed by atoms with Crippen LogP contribution in [0.5, 0.6) is 5.75 Å². The van der Waals surface area contributed by atoms with Crippen LogP contribution in [0.25, 0.3) is 11.3 Å². The van der Waals surface area contributed by atoms with Crippen LogP contribution in [0.15, 0.2) is 35.2 Å². The van der Waals surface area contributed by atoms with Gasteiger partial charge in [-0.25, -0.2) is 9.78 Å². The number of aromatic nitrogens is 1. The van der Waals surface area contributed by atoms with Crippen molar-refractivity contribution in [3.05, 3.63) is 30.8 Å². The zero-order valence-corrected chi connectivity index (χ0v) is 17.1. The average Bonchev–Trinajstić information content (AvgIpc) is 3.32. The molecule has 2 aliphatic rings. The number of oxazole rings is 1. The molecule has 0 bridgehead atoms. The molecule has 7 heteroatoms. The van der Waals surface area contributed by atoms with Crippen LogP contribution in [0.4, 0.5) is 10.5 Å². The van der Waals surface area contributed by atoms with E-state index in [1.807, 2.05) is 17.0 Å². The molecule has 1 aliphatic heterocycles. The van der Waals surface area contributed by atoms with E-state index in [2.05, 4.69) is 21.3 Å². The summed E-state index contributed by atoms with van der Waals surface area (Å²) in [6.45, 7) is 3.88. The summed E-state index contributed by atoms with van der Waals surface area (Å²) in [6.07, 6.45) is 9.55. The molecule has 1 aromatic carbocycles. The molecule has 1 saturated carbocycles. The maximum atomic E-state index is 12.5. The van der Waals surface area contributed by atoms with E-state index in [1.165, 1.54) is 38.5 Å². The lowest BCUT2D eigenvalue weighted by atomic mass is 9.89. The number of carbonyl (C=O) groups is 1. The van der Waals surface area contributed by atoms with Gasteiger partial charge in [0.15, 0.2) is 12.2 Å². The Morgan fingerprint density at radius 1 is 1.21 bits per heavy atom. The molecule has 156 valence electrons. The van der Waals surface area contributed by atoms with E-state index < -0.39 is 0 Å². The number of nitrogens with zero attached hydrogens (tertiary/aromatic N) is 3. The first-order valence-corrected chi connectivity index (χ1v) is 10.6. The van der Waals surface area contributed by atoms with Crippen molar-refractivity contribution in [3.63, 3.8) is 0 Å². The second-order valence-electron chi connectivity index (χ2n) is 7.91. The second kappa shape index (κ2) is 9.20. The van der Waals surface area contributed by atoms with Gasteiger partial charge in [0, 0.05) is 44.5 Å². The summed E-state index contributed by atoms with van der Waals surface area (Å²) >= 11 is 0. The van der Waals surface area contributed by atoms with Crippen molar-refractivity contribution in [1.82, 2.24) is 15.2 Å². The predicted octanol–water partition coefficient (Wildman–Crippen LogP) is 3.76. The van der Waals surface area contributed by atoms with Crippen LogP contribution in [0.2, 0.25) is 0 Å². The van der Waals surface area contributed by atoms with Gasteiger partial charge in [-0.2, -0.15) is 0 Å². The molecule has 4 rings (SSSR count). The summed E-state index contributed by atoms with van der Waals surface area (Å²) in [5, 5.41) is 3.15. The van der Waals surface area contributed by atoms with Crippen LogP contribution in [0.1, 0.15) is 32.1 Å². The number of carbonyl (C=O) groups excluding carboxylic acids is 1. The molecule has 1 aromatic heterocycles. The molecule has 1 saturated heterocycles. The number of urea groups is 1. The molecule has 0 spiro atoms. The number of hydrogen-bond donors (Lipinski definition) is 1. The van der Waals surface area contributed by atoms with Crippen molar-refractivity contribution in [2.24, 2.45) is 5.92 Å². The number of ether oxygens (including phenoxy) is 1. The number of rotatable bonds is 5. The molecular weight excluding hydrogens is 368 g/mol. The fraction of sp³-hybridized carbons (Fsp3) is 0.545. The van der Waals surface area contributed by atoms with Gasteiger partial charge in [0.25, 0.3) is 0 Å². The minimum absolute atomic E-state index is 0.0773. The standard InChI is InChI=1S/C22H30N4O3/c1-28-20-13-18(7-8-19(20)21-15-23-16-29-21)25-9-11-26(12-10-25)22(27)24-14-17-5-3-2-4-6-17/h7-8,13,15-17H,2-6,9-12,14H2,1H3,(H,24,27). The zero-order chi connectivity index (χ0) is 20.1. The minimum atomic E-state index is 0.0773. The van der Waals surface area contributed by atoms with Crippen molar-refractivity contribution in [2.75, 3.05) is 44.7 Å². The summed E-state index contributed by atoms with van der Waals surface area (Å²) in [4.78, 5) is 20.7. The monoisotopic (exact) mass is 398 g/mol. The lowest BCUT2D eigenvalue weighted by Gasteiger charge is -2.36. The van der Waals surface area contributed by atoms with Gasteiger partial charge in [-0.05, 0) is 30.9 Å². The number of anilines is 1. The number of benzene rings is 1. The van der Waals surface area contributed by atoms with Crippen LogP contribution >= 0.6 is 0 Å². The number of methoxy groups -OCH3 is 1. The van der Waals surface area contributed by atoms with Gasteiger partial charge >= 0.3 is 6.03 Å². The molecule has 2 aromatic rings. The first-order chi connectivity index (χ1) is 14.2. The predicted molar refractivity (Wildman–Crippen MR) is 112 cm³/mol. The van der Waals surface area contributed by atoms with Gasteiger partial charge < -0.3 is 24.3 Å². The van der Waals surface area contributed by atoms with Crippen molar-refractivity contribution >= 4 is 11.7 Å². The summed E-state index contributed by atoms with van der Waals surface area (Å²) in [5.41, 5.74) is 1.97. The summed E-state index contributed by atoms with van der Waals surface area (Å²) in [5.74, 6) is 2.10. The topological polar surface area (TPSA) is 70.8 Å². The fourth-order valence-electron chi connectivity index (χ4n) is 4.33. The van der Waals surface area contributed by atoms with E-state index in [0.717, 1.165) is 49.7 Å². The Kier molecular flexibility index (Phi) is 6.22. The Hall–Kier alpha value is -2.70. The van der Waals surface area contributed by atoms with Crippen LogP contribution in [0.3, 0.4) is 0 Å². The molecule has 2 fully saturated rings. The van der Waals surface area contributed by atoms with E-state index in [4.69, 9.17) is 9.15 Å². The van der Waals surface area contributed by atoms with Crippen LogP contribution in [0, 0.1) is 5.92 Å². The van der Waals surface area contributed by atoms with Crippen LogP contribution < -0.4 is 15.0 Å². The molecule has 7 nitrogen and oxygen atoms in total. The largest absolute Gasteiger partial charge is 0.496 e. The Morgan fingerprint density at radius 2 is 2.00 bits per heavy atom. The highest BCUT2D eigenvalue weighted by molar-refractivity contribution is 5.75. The van der Waals surface area contributed by atoms with Gasteiger partial charge in [-0.1, -0.05) is 19.3 Å². The van der Waals surface area contributed by atoms with E-state index >= 15 is 0 Å². The Bertz CT molecular complexity index is 794. The third kappa shape index (κ3) is 4.66. The van der Waals surface area contributed by atoms with Gasteiger partial charge in [0.2, 0.25) is 0 Å².